The highest BCUT2D eigenvalue weighted by Crippen LogP contribution is 2.32. The summed E-state index contributed by atoms with van der Waals surface area (Å²) in [6, 6.07) is 20.3. The van der Waals surface area contributed by atoms with Gasteiger partial charge in [-0.05, 0) is 6.92 Å². The van der Waals surface area contributed by atoms with E-state index in [9.17, 15) is 4.79 Å². The maximum atomic E-state index is 11.5. The number of carbonyl (C=O) groups is 1. The van der Waals surface area contributed by atoms with Crippen molar-refractivity contribution in [1.29, 1.82) is 0 Å². The topological polar surface area (TPSA) is 55.0 Å². The summed E-state index contributed by atoms with van der Waals surface area (Å²) in [6.07, 6.45) is 0.376. The van der Waals surface area contributed by atoms with E-state index in [0.29, 0.717) is 18.8 Å². The number of aromatic amines is 1. The van der Waals surface area contributed by atoms with Crippen molar-refractivity contribution in [3.8, 4) is 22.5 Å². The third kappa shape index (κ3) is 4.51. The van der Waals surface area contributed by atoms with Crippen LogP contribution in [0.15, 0.2) is 65.8 Å². The summed E-state index contributed by atoms with van der Waals surface area (Å²) in [7, 11) is 0. The summed E-state index contributed by atoms with van der Waals surface area (Å²) < 4.78 is 4.96. The van der Waals surface area contributed by atoms with Crippen LogP contribution in [0.1, 0.15) is 13.3 Å². The quantitative estimate of drug-likeness (QED) is 0.491. The third-order valence-corrected chi connectivity index (χ3v) is 4.52. The maximum absolute atomic E-state index is 11.5. The molecule has 0 saturated carbocycles. The van der Waals surface area contributed by atoms with Crippen LogP contribution in [-0.4, -0.2) is 28.3 Å². The zero-order valence-corrected chi connectivity index (χ0v) is 14.9. The van der Waals surface area contributed by atoms with Crippen LogP contribution in [0.25, 0.3) is 22.5 Å². The largest absolute Gasteiger partial charge is 0.466 e. The van der Waals surface area contributed by atoms with E-state index in [0.717, 1.165) is 27.7 Å². The van der Waals surface area contributed by atoms with Crippen LogP contribution in [0.2, 0.25) is 0 Å². The Morgan fingerprint density at radius 2 is 1.68 bits per heavy atom. The zero-order valence-electron chi connectivity index (χ0n) is 14.1. The lowest BCUT2D eigenvalue weighted by atomic mass is 10.1. The van der Waals surface area contributed by atoms with Crippen molar-refractivity contribution in [3.63, 3.8) is 0 Å². The molecule has 0 atom stereocenters. The Morgan fingerprint density at radius 1 is 1.04 bits per heavy atom. The second kappa shape index (κ2) is 8.53. The number of rotatable bonds is 7. The van der Waals surface area contributed by atoms with Crippen LogP contribution in [0.5, 0.6) is 0 Å². The normalized spacial score (nSPS) is 10.6. The number of aromatic nitrogens is 2. The number of nitrogens with one attached hydrogen (secondary N) is 1. The molecule has 3 aromatic rings. The lowest BCUT2D eigenvalue weighted by Gasteiger charge is -2.02. The summed E-state index contributed by atoms with van der Waals surface area (Å²) >= 11 is 1.53. The minimum Gasteiger partial charge on any atom is -0.466 e. The van der Waals surface area contributed by atoms with Crippen LogP contribution in [0.3, 0.4) is 0 Å². The van der Waals surface area contributed by atoms with E-state index in [-0.39, 0.29) is 5.97 Å². The van der Waals surface area contributed by atoms with Gasteiger partial charge in [-0.15, -0.1) is 0 Å². The van der Waals surface area contributed by atoms with Gasteiger partial charge in [-0.2, -0.15) is 0 Å². The molecule has 0 aliphatic rings. The van der Waals surface area contributed by atoms with Crippen molar-refractivity contribution in [1.82, 2.24) is 9.97 Å². The second-order valence-electron chi connectivity index (χ2n) is 5.40. The molecular formula is C20H20N2O2S. The third-order valence-electron chi connectivity index (χ3n) is 3.64. The minimum absolute atomic E-state index is 0.173. The number of ether oxygens (including phenoxy) is 1. The van der Waals surface area contributed by atoms with E-state index in [4.69, 9.17) is 9.72 Å². The molecule has 0 fully saturated rings. The summed E-state index contributed by atoms with van der Waals surface area (Å²) in [5.41, 5.74) is 4.07. The average Bonchev–Trinajstić information content (AvgIpc) is 3.08. The van der Waals surface area contributed by atoms with E-state index < -0.39 is 0 Å². The first kappa shape index (κ1) is 17.3. The van der Waals surface area contributed by atoms with Crippen molar-refractivity contribution in [3.05, 3.63) is 60.7 Å². The van der Waals surface area contributed by atoms with Crippen molar-refractivity contribution < 1.29 is 9.53 Å². The van der Waals surface area contributed by atoms with Crippen LogP contribution < -0.4 is 0 Å². The molecule has 4 nitrogen and oxygen atoms in total. The van der Waals surface area contributed by atoms with Crippen molar-refractivity contribution in [2.45, 2.75) is 18.5 Å². The molecule has 0 aliphatic heterocycles. The Balaban J connectivity index is 1.84. The van der Waals surface area contributed by atoms with Gasteiger partial charge in [0.05, 0.1) is 24.4 Å². The molecule has 2 aromatic carbocycles. The molecule has 0 unspecified atom stereocenters. The van der Waals surface area contributed by atoms with E-state index in [1.54, 1.807) is 0 Å². The number of nitrogens with zero attached hydrogens (tertiary/aromatic N) is 1. The number of hydrogen-bond acceptors (Lipinski definition) is 4. The van der Waals surface area contributed by atoms with Gasteiger partial charge in [0.15, 0.2) is 5.16 Å². The molecule has 0 bridgehead atoms. The Hall–Kier alpha value is -2.53. The molecule has 1 heterocycles. The van der Waals surface area contributed by atoms with E-state index >= 15 is 0 Å². The van der Waals surface area contributed by atoms with E-state index in [2.05, 4.69) is 29.2 Å². The first-order valence-corrected chi connectivity index (χ1v) is 9.25. The van der Waals surface area contributed by atoms with Crippen LogP contribution in [-0.2, 0) is 9.53 Å². The Bertz CT molecular complexity index is 759. The summed E-state index contributed by atoms with van der Waals surface area (Å²) in [5.74, 6) is 0.461. The summed E-state index contributed by atoms with van der Waals surface area (Å²) in [4.78, 5) is 19.6. The predicted octanol–water partition coefficient (Wildman–Crippen LogP) is 4.79. The first-order chi connectivity index (χ1) is 12.3. The smallest absolute Gasteiger partial charge is 0.306 e. The molecule has 0 amide bonds. The molecule has 0 spiro atoms. The number of hydrogen-bond donors (Lipinski definition) is 1. The fourth-order valence-electron chi connectivity index (χ4n) is 2.50. The van der Waals surface area contributed by atoms with Crippen molar-refractivity contribution in [2.24, 2.45) is 0 Å². The van der Waals surface area contributed by atoms with Gasteiger partial charge in [0, 0.05) is 16.9 Å². The highest BCUT2D eigenvalue weighted by Gasteiger charge is 2.14. The fourth-order valence-corrected chi connectivity index (χ4v) is 3.29. The number of carbonyl (C=O) groups excluding carboxylic acids is 1. The highest BCUT2D eigenvalue weighted by molar-refractivity contribution is 7.99. The molecule has 0 saturated heterocycles. The maximum Gasteiger partial charge on any atom is 0.306 e. The van der Waals surface area contributed by atoms with Gasteiger partial charge in [0.1, 0.15) is 0 Å². The van der Waals surface area contributed by atoms with Crippen LogP contribution in [0.4, 0.5) is 0 Å². The van der Waals surface area contributed by atoms with Gasteiger partial charge in [-0.25, -0.2) is 4.98 Å². The number of esters is 1. The lowest BCUT2D eigenvalue weighted by molar-refractivity contribution is -0.142. The standard InChI is InChI=1S/C20H20N2O2S/c1-2-24-17(23)13-14-25-20-21-18(15-9-5-3-6-10-15)19(22-20)16-11-7-4-8-12-16/h3-12H,2,13-14H2,1H3,(H,21,22). The zero-order chi connectivity index (χ0) is 17.5. The van der Waals surface area contributed by atoms with Gasteiger partial charge >= 0.3 is 5.97 Å². The molecule has 1 N–H and O–H groups in total. The Labute approximate surface area is 151 Å². The van der Waals surface area contributed by atoms with Gasteiger partial charge in [-0.3, -0.25) is 4.79 Å². The summed E-state index contributed by atoms with van der Waals surface area (Å²) in [5, 5.41) is 0.807. The van der Waals surface area contributed by atoms with Gasteiger partial charge < -0.3 is 9.72 Å². The Morgan fingerprint density at radius 3 is 2.32 bits per heavy atom. The van der Waals surface area contributed by atoms with Gasteiger partial charge in [0.2, 0.25) is 0 Å². The molecule has 0 aliphatic carbocycles. The van der Waals surface area contributed by atoms with Gasteiger partial charge in [-0.1, -0.05) is 72.4 Å². The second-order valence-corrected chi connectivity index (χ2v) is 6.48. The van der Waals surface area contributed by atoms with Gasteiger partial charge in [0.25, 0.3) is 0 Å². The molecule has 128 valence electrons. The number of thioether (sulfide) groups is 1. The molecule has 5 heteroatoms. The lowest BCUT2D eigenvalue weighted by Crippen LogP contribution is -2.04. The average molecular weight is 352 g/mol. The first-order valence-electron chi connectivity index (χ1n) is 8.27. The van der Waals surface area contributed by atoms with Crippen LogP contribution in [0, 0.1) is 0 Å². The minimum atomic E-state index is -0.173. The van der Waals surface area contributed by atoms with Crippen molar-refractivity contribution >= 4 is 17.7 Å². The Kier molecular flexibility index (Phi) is 5.90. The van der Waals surface area contributed by atoms with E-state index in [1.807, 2.05) is 43.3 Å². The highest BCUT2D eigenvalue weighted by atomic mass is 32.2. The molecule has 25 heavy (non-hydrogen) atoms. The monoisotopic (exact) mass is 352 g/mol. The number of imidazole rings is 1. The van der Waals surface area contributed by atoms with E-state index in [1.165, 1.54) is 11.8 Å². The SMILES string of the molecule is CCOC(=O)CCSc1nc(-c2ccccc2)c(-c2ccccc2)[nH]1. The van der Waals surface area contributed by atoms with Crippen LogP contribution >= 0.6 is 11.8 Å². The number of benzene rings is 2. The fraction of sp³-hybridized carbons (Fsp3) is 0.200. The van der Waals surface area contributed by atoms with Crippen molar-refractivity contribution in [2.75, 3.05) is 12.4 Å². The summed E-state index contributed by atoms with van der Waals surface area (Å²) in [6.45, 7) is 2.23. The molecule has 0 radical (unpaired) electrons. The predicted molar refractivity (Wildman–Crippen MR) is 101 cm³/mol. The molecule has 1 aromatic heterocycles. The number of H-pyrrole nitrogens is 1. The molecule has 3 rings (SSSR count). The molecular weight excluding hydrogens is 332 g/mol.